The second kappa shape index (κ2) is 3.74. The fraction of sp³-hybridized carbons (Fsp3) is 0.600. The maximum Gasteiger partial charge on any atom is 0.122 e. The molecule has 1 fully saturated rings. The molecule has 1 aliphatic carbocycles. The van der Waals surface area contributed by atoms with Gasteiger partial charge >= 0.3 is 0 Å². The zero-order valence-corrected chi connectivity index (χ0v) is 11.3. The molecule has 2 rings (SSSR count). The third-order valence-electron chi connectivity index (χ3n) is 3.97. The van der Waals surface area contributed by atoms with Crippen LogP contribution >= 0.6 is 0 Å². The SMILES string of the molecule is Cc1cc(C2(CN)CC2)cc(C(C)(C)C)c1O. The van der Waals surface area contributed by atoms with Gasteiger partial charge < -0.3 is 10.8 Å². The molecule has 1 aliphatic rings. The highest BCUT2D eigenvalue weighted by Crippen LogP contribution is 2.49. The molecular formula is C15H23NO. The molecule has 0 radical (unpaired) electrons. The monoisotopic (exact) mass is 233 g/mol. The van der Waals surface area contributed by atoms with Crippen molar-refractivity contribution in [1.82, 2.24) is 0 Å². The van der Waals surface area contributed by atoms with Gasteiger partial charge in [0.2, 0.25) is 0 Å². The number of phenols is 1. The Balaban J connectivity index is 2.55. The second-order valence-electron chi connectivity index (χ2n) is 6.42. The molecular weight excluding hydrogens is 210 g/mol. The Hall–Kier alpha value is -1.02. The summed E-state index contributed by atoms with van der Waals surface area (Å²) in [6.07, 6.45) is 2.36. The largest absolute Gasteiger partial charge is 0.507 e. The van der Waals surface area contributed by atoms with Crippen LogP contribution in [-0.2, 0) is 10.8 Å². The van der Waals surface area contributed by atoms with E-state index in [0.29, 0.717) is 12.3 Å². The van der Waals surface area contributed by atoms with Gasteiger partial charge in [0.15, 0.2) is 0 Å². The maximum absolute atomic E-state index is 10.2. The number of hydrogen-bond acceptors (Lipinski definition) is 2. The lowest BCUT2D eigenvalue weighted by atomic mass is 9.81. The standard InChI is InChI=1S/C15H23NO/c1-10-7-11(15(9-16)5-6-15)8-12(13(10)17)14(2,3)4/h7-8,17H,5-6,9,16H2,1-4H3. The molecule has 0 saturated heterocycles. The van der Waals surface area contributed by atoms with E-state index in [0.717, 1.165) is 11.1 Å². The van der Waals surface area contributed by atoms with Gasteiger partial charge in [-0.3, -0.25) is 0 Å². The highest BCUT2D eigenvalue weighted by Gasteiger charge is 2.43. The molecule has 0 aliphatic heterocycles. The smallest absolute Gasteiger partial charge is 0.122 e. The first-order valence-corrected chi connectivity index (χ1v) is 6.35. The minimum absolute atomic E-state index is 0.0322. The molecule has 0 spiro atoms. The van der Waals surface area contributed by atoms with Gasteiger partial charge in [0.1, 0.15) is 5.75 Å². The summed E-state index contributed by atoms with van der Waals surface area (Å²) in [5, 5.41) is 10.2. The predicted octanol–water partition coefficient (Wildman–Crippen LogP) is 2.99. The molecule has 0 atom stereocenters. The quantitative estimate of drug-likeness (QED) is 0.825. The molecule has 0 unspecified atom stereocenters. The van der Waals surface area contributed by atoms with Crippen molar-refractivity contribution in [2.75, 3.05) is 6.54 Å². The van der Waals surface area contributed by atoms with Crippen LogP contribution in [0, 0.1) is 6.92 Å². The lowest BCUT2D eigenvalue weighted by Crippen LogP contribution is -2.21. The van der Waals surface area contributed by atoms with E-state index >= 15 is 0 Å². The van der Waals surface area contributed by atoms with E-state index < -0.39 is 0 Å². The number of rotatable bonds is 2. The van der Waals surface area contributed by atoms with Gasteiger partial charge in [0, 0.05) is 12.0 Å². The van der Waals surface area contributed by atoms with Crippen molar-refractivity contribution in [3.05, 3.63) is 28.8 Å². The molecule has 0 aromatic heterocycles. The van der Waals surface area contributed by atoms with Crippen LogP contribution in [0.3, 0.4) is 0 Å². The fourth-order valence-electron chi connectivity index (χ4n) is 2.42. The van der Waals surface area contributed by atoms with Crippen molar-refractivity contribution >= 4 is 0 Å². The molecule has 2 nitrogen and oxygen atoms in total. The van der Waals surface area contributed by atoms with Crippen molar-refractivity contribution < 1.29 is 5.11 Å². The van der Waals surface area contributed by atoms with E-state index in [-0.39, 0.29) is 10.8 Å². The molecule has 0 bridgehead atoms. The highest BCUT2D eigenvalue weighted by atomic mass is 16.3. The predicted molar refractivity (Wildman–Crippen MR) is 71.5 cm³/mol. The van der Waals surface area contributed by atoms with Gasteiger partial charge in [-0.2, -0.15) is 0 Å². The molecule has 0 heterocycles. The van der Waals surface area contributed by atoms with Gasteiger partial charge in [0.25, 0.3) is 0 Å². The minimum atomic E-state index is -0.0322. The average Bonchev–Trinajstić information content (AvgIpc) is 3.01. The molecule has 3 N–H and O–H groups in total. The van der Waals surface area contributed by atoms with Crippen molar-refractivity contribution in [3.8, 4) is 5.75 Å². The fourth-order valence-corrected chi connectivity index (χ4v) is 2.42. The van der Waals surface area contributed by atoms with Crippen LogP contribution in [0.15, 0.2) is 12.1 Å². The van der Waals surface area contributed by atoms with Crippen molar-refractivity contribution in [2.24, 2.45) is 5.73 Å². The Morgan fingerprint density at radius 2 is 1.88 bits per heavy atom. The Labute approximate surface area is 104 Å². The zero-order valence-electron chi connectivity index (χ0n) is 11.3. The van der Waals surface area contributed by atoms with E-state index in [2.05, 4.69) is 32.9 Å². The number of phenolic OH excluding ortho intramolecular Hbond substituents is 1. The normalized spacial score (nSPS) is 18.2. The molecule has 1 aromatic carbocycles. The van der Waals surface area contributed by atoms with Crippen molar-refractivity contribution in [3.63, 3.8) is 0 Å². The first kappa shape index (κ1) is 12.4. The first-order valence-electron chi connectivity index (χ1n) is 6.35. The molecule has 1 aromatic rings. The Morgan fingerprint density at radius 1 is 1.29 bits per heavy atom. The van der Waals surface area contributed by atoms with Crippen LogP contribution in [0.5, 0.6) is 5.75 Å². The van der Waals surface area contributed by atoms with Crippen LogP contribution < -0.4 is 5.73 Å². The van der Waals surface area contributed by atoms with Gasteiger partial charge in [-0.25, -0.2) is 0 Å². The third-order valence-corrected chi connectivity index (χ3v) is 3.97. The van der Waals surface area contributed by atoms with Gasteiger partial charge in [-0.05, 0) is 41.9 Å². The van der Waals surface area contributed by atoms with Crippen LogP contribution in [0.1, 0.15) is 50.3 Å². The van der Waals surface area contributed by atoms with Gasteiger partial charge in [-0.15, -0.1) is 0 Å². The maximum atomic E-state index is 10.2. The summed E-state index contributed by atoms with van der Waals surface area (Å²) in [5.74, 6) is 0.439. The Morgan fingerprint density at radius 3 is 2.29 bits per heavy atom. The van der Waals surface area contributed by atoms with Gasteiger partial charge in [-0.1, -0.05) is 32.9 Å². The van der Waals surface area contributed by atoms with E-state index in [4.69, 9.17) is 5.73 Å². The number of benzene rings is 1. The lowest BCUT2D eigenvalue weighted by Gasteiger charge is -2.24. The molecule has 1 saturated carbocycles. The summed E-state index contributed by atoms with van der Waals surface area (Å²) in [6, 6.07) is 4.26. The first-order chi connectivity index (χ1) is 7.80. The topological polar surface area (TPSA) is 46.2 Å². The van der Waals surface area contributed by atoms with E-state index in [1.165, 1.54) is 18.4 Å². The van der Waals surface area contributed by atoms with E-state index in [9.17, 15) is 5.11 Å². The Bertz CT molecular complexity index is 439. The van der Waals surface area contributed by atoms with Crippen molar-refractivity contribution in [2.45, 2.75) is 51.4 Å². The van der Waals surface area contributed by atoms with Gasteiger partial charge in [0.05, 0.1) is 0 Å². The van der Waals surface area contributed by atoms with Crippen LogP contribution in [-0.4, -0.2) is 11.7 Å². The van der Waals surface area contributed by atoms with Crippen molar-refractivity contribution in [1.29, 1.82) is 0 Å². The second-order valence-corrected chi connectivity index (χ2v) is 6.42. The summed E-state index contributed by atoms with van der Waals surface area (Å²) in [6.45, 7) is 9.08. The van der Waals surface area contributed by atoms with Crippen LogP contribution in [0.2, 0.25) is 0 Å². The van der Waals surface area contributed by atoms with Crippen LogP contribution in [0.4, 0.5) is 0 Å². The number of aromatic hydroxyl groups is 1. The average molecular weight is 233 g/mol. The van der Waals surface area contributed by atoms with E-state index in [1.807, 2.05) is 6.92 Å². The number of aryl methyl sites for hydroxylation is 1. The summed E-state index contributed by atoms with van der Waals surface area (Å²) in [5.41, 5.74) is 9.35. The summed E-state index contributed by atoms with van der Waals surface area (Å²) in [4.78, 5) is 0. The zero-order chi connectivity index (χ0) is 12.8. The molecule has 17 heavy (non-hydrogen) atoms. The van der Waals surface area contributed by atoms with E-state index in [1.54, 1.807) is 0 Å². The summed E-state index contributed by atoms with van der Waals surface area (Å²) >= 11 is 0. The lowest BCUT2D eigenvalue weighted by molar-refractivity contribution is 0.441. The Kier molecular flexibility index (Phi) is 2.74. The minimum Gasteiger partial charge on any atom is -0.507 e. The molecule has 94 valence electrons. The number of nitrogens with two attached hydrogens (primary N) is 1. The molecule has 0 amide bonds. The third kappa shape index (κ3) is 2.06. The number of hydrogen-bond donors (Lipinski definition) is 2. The summed E-state index contributed by atoms with van der Waals surface area (Å²) in [7, 11) is 0. The van der Waals surface area contributed by atoms with Crippen LogP contribution in [0.25, 0.3) is 0 Å². The summed E-state index contributed by atoms with van der Waals surface area (Å²) < 4.78 is 0. The molecule has 2 heteroatoms. The highest BCUT2D eigenvalue weighted by molar-refractivity contribution is 5.49.